The number of nitrogens with one attached hydrogen (secondary N) is 2. The van der Waals surface area contributed by atoms with Crippen LogP contribution >= 0.6 is 11.6 Å². The molecule has 0 aliphatic heterocycles. The van der Waals surface area contributed by atoms with Gasteiger partial charge in [-0.2, -0.15) is 5.10 Å². The maximum Gasteiger partial charge on any atom is 0.264 e. The molecule has 9 nitrogen and oxygen atoms in total. The molecule has 0 atom stereocenters. The van der Waals surface area contributed by atoms with E-state index in [1.54, 1.807) is 13.1 Å². The molecule has 0 unspecified atom stereocenters. The van der Waals surface area contributed by atoms with E-state index in [9.17, 15) is 14.4 Å². The SMILES string of the molecule is CC(C)NC(=O)c1ccc(Cl)c(NC(=O)Cn2cnc3c(cnn3C)c2=O)c1. The van der Waals surface area contributed by atoms with Gasteiger partial charge < -0.3 is 10.6 Å². The van der Waals surface area contributed by atoms with Gasteiger partial charge in [-0.3, -0.25) is 23.6 Å². The summed E-state index contributed by atoms with van der Waals surface area (Å²) in [5, 5.41) is 9.99. The Morgan fingerprint density at radius 3 is 2.75 bits per heavy atom. The Balaban J connectivity index is 1.79. The van der Waals surface area contributed by atoms with Gasteiger partial charge in [-0.1, -0.05) is 11.6 Å². The summed E-state index contributed by atoms with van der Waals surface area (Å²) in [6.07, 6.45) is 2.70. The van der Waals surface area contributed by atoms with E-state index in [0.29, 0.717) is 16.6 Å². The molecule has 0 saturated heterocycles. The Morgan fingerprint density at radius 1 is 1.29 bits per heavy atom. The van der Waals surface area contributed by atoms with Gasteiger partial charge in [0.1, 0.15) is 18.3 Å². The van der Waals surface area contributed by atoms with Crippen LogP contribution in [0.4, 0.5) is 5.69 Å². The van der Waals surface area contributed by atoms with Crippen molar-refractivity contribution in [1.29, 1.82) is 0 Å². The van der Waals surface area contributed by atoms with Crippen molar-refractivity contribution in [3.05, 3.63) is 51.7 Å². The number of hydrogen-bond donors (Lipinski definition) is 2. The van der Waals surface area contributed by atoms with E-state index in [2.05, 4.69) is 20.7 Å². The zero-order valence-electron chi connectivity index (χ0n) is 15.6. The lowest BCUT2D eigenvalue weighted by molar-refractivity contribution is -0.116. The van der Waals surface area contributed by atoms with E-state index >= 15 is 0 Å². The number of carbonyl (C=O) groups is 2. The van der Waals surface area contributed by atoms with Crippen molar-refractivity contribution in [2.75, 3.05) is 5.32 Å². The van der Waals surface area contributed by atoms with Crippen molar-refractivity contribution >= 4 is 40.1 Å². The molecule has 3 rings (SSSR count). The number of aromatic nitrogens is 4. The van der Waals surface area contributed by atoms with Gasteiger partial charge >= 0.3 is 0 Å². The van der Waals surface area contributed by atoms with E-state index in [1.165, 1.54) is 33.9 Å². The Hall–Kier alpha value is -3.20. The number of hydrogen-bond acceptors (Lipinski definition) is 5. The molecule has 2 N–H and O–H groups in total. The van der Waals surface area contributed by atoms with Crippen LogP contribution in [0.5, 0.6) is 0 Å². The molecule has 0 aliphatic rings. The first-order valence-corrected chi connectivity index (χ1v) is 8.91. The molecule has 0 radical (unpaired) electrons. The molecule has 10 heteroatoms. The van der Waals surface area contributed by atoms with Crippen LogP contribution in [-0.4, -0.2) is 37.2 Å². The molecule has 2 aromatic heterocycles. The highest BCUT2D eigenvalue weighted by molar-refractivity contribution is 6.33. The lowest BCUT2D eigenvalue weighted by Crippen LogP contribution is -2.30. The summed E-state index contributed by atoms with van der Waals surface area (Å²) >= 11 is 6.13. The first kappa shape index (κ1) is 19.6. The number of rotatable bonds is 5. The van der Waals surface area contributed by atoms with Gasteiger partial charge in [0.15, 0.2) is 5.65 Å². The highest BCUT2D eigenvalue weighted by Gasteiger charge is 2.14. The molecule has 2 heterocycles. The summed E-state index contributed by atoms with van der Waals surface area (Å²) in [6.45, 7) is 3.44. The fourth-order valence-electron chi connectivity index (χ4n) is 2.63. The van der Waals surface area contributed by atoms with E-state index in [-0.39, 0.29) is 34.8 Å². The lowest BCUT2D eigenvalue weighted by atomic mass is 10.1. The Kier molecular flexibility index (Phi) is 5.46. The molecule has 0 bridgehead atoms. The van der Waals surface area contributed by atoms with Crippen LogP contribution in [0.3, 0.4) is 0 Å². The van der Waals surface area contributed by atoms with Crippen LogP contribution in [0.15, 0.2) is 35.5 Å². The highest BCUT2D eigenvalue weighted by atomic mass is 35.5. The lowest BCUT2D eigenvalue weighted by Gasteiger charge is -2.12. The van der Waals surface area contributed by atoms with E-state index < -0.39 is 5.91 Å². The van der Waals surface area contributed by atoms with Crippen molar-refractivity contribution in [1.82, 2.24) is 24.6 Å². The second-order valence-corrected chi connectivity index (χ2v) is 6.96. The summed E-state index contributed by atoms with van der Waals surface area (Å²) < 4.78 is 2.66. The smallest absolute Gasteiger partial charge is 0.264 e. The summed E-state index contributed by atoms with van der Waals surface area (Å²) in [6, 6.07) is 4.56. The fourth-order valence-corrected chi connectivity index (χ4v) is 2.80. The zero-order valence-corrected chi connectivity index (χ0v) is 16.3. The van der Waals surface area contributed by atoms with Gasteiger partial charge in [0.05, 0.1) is 16.9 Å². The fraction of sp³-hybridized carbons (Fsp3) is 0.278. The average Bonchev–Trinajstić information content (AvgIpc) is 3.00. The number of halogens is 1. The molecule has 1 aromatic carbocycles. The summed E-state index contributed by atoms with van der Waals surface area (Å²) in [5.74, 6) is -0.750. The van der Waals surface area contributed by atoms with Gasteiger partial charge in [0, 0.05) is 18.7 Å². The van der Waals surface area contributed by atoms with Gasteiger partial charge in [0.2, 0.25) is 5.91 Å². The second-order valence-electron chi connectivity index (χ2n) is 6.55. The minimum atomic E-state index is -0.476. The largest absolute Gasteiger partial charge is 0.350 e. The molecule has 146 valence electrons. The highest BCUT2D eigenvalue weighted by Crippen LogP contribution is 2.23. The van der Waals surface area contributed by atoms with Crippen LogP contribution in [0.25, 0.3) is 11.0 Å². The quantitative estimate of drug-likeness (QED) is 0.672. The van der Waals surface area contributed by atoms with E-state index in [0.717, 1.165) is 0 Å². The number of aryl methyl sites for hydroxylation is 1. The third-order valence-corrected chi connectivity index (χ3v) is 4.28. The topological polar surface area (TPSA) is 111 Å². The van der Waals surface area contributed by atoms with E-state index in [4.69, 9.17) is 11.6 Å². The first-order valence-electron chi connectivity index (χ1n) is 8.53. The summed E-state index contributed by atoms with van der Waals surface area (Å²) in [4.78, 5) is 41.1. The van der Waals surface area contributed by atoms with E-state index in [1.807, 2.05) is 13.8 Å². The van der Waals surface area contributed by atoms with Crippen LogP contribution in [0, 0.1) is 0 Å². The summed E-state index contributed by atoms with van der Waals surface area (Å²) in [5.41, 5.74) is 0.716. The molecule has 0 aliphatic carbocycles. The molecule has 2 amide bonds. The van der Waals surface area contributed by atoms with Crippen molar-refractivity contribution in [3.63, 3.8) is 0 Å². The van der Waals surface area contributed by atoms with Crippen LogP contribution < -0.4 is 16.2 Å². The Labute approximate surface area is 165 Å². The molecule has 3 aromatic rings. The van der Waals surface area contributed by atoms with Gasteiger partial charge in [0.25, 0.3) is 11.5 Å². The molecule has 28 heavy (non-hydrogen) atoms. The number of fused-ring (bicyclic) bond motifs is 1. The monoisotopic (exact) mass is 402 g/mol. The zero-order chi connectivity index (χ0) is 20.4. The molecule has 0 saturated carbocycles. The Bertz CT molecular complexity index is 1120. The average molecular weight is 403 g/mol. The number of benzene rings is 1. The maximum absolute atomic E-state index is 12.5. The third kappa shape index (κ3) is 4.04. The summed E-state index contributed by atoms with van der Waals surface area (Å²) in [7, 11) is 1.68. The van der Waals surface area contributed by atoms with Gasteiger partial charge in [-0.25, -0.2) is 4.98 Å². The predicted molar refractivity (Wildman–Crippen MR) is 105 cm³/mol. The third-order valence-electron chi connectivity index (χ3n) is 3.95. The first-order chi connectivity index (χ1) is 13.3. The number of carbonyl (C=O) groups excluding carboxylic acids is 2. The molecule has 0 fully saturated rings. The molecular formula is C18H19ClN6O3. The molecular weight excluding hydrogens is 384 g/mol. The number of anilines is 1. The maximum atomic E-state index is 12.5. The second kappa shape index (κ2) is 7.81. The number of nitrogens with zero attached hydrogens (tertiary/aromatic N) is 4. The molecule has 0 spiro atoms. The Morgan fingerprint density at radius 2 is 2.04 bits per heavy atom. The number of amides is 2. The normalized spacial score (nSPS) is 11.0. The van der Waals surface area contributed by atoms with Crippen molar-refractivity contribution < 1.29 is 9.59 Å². The standard InChI is InChI=1S/C18H19ClN6O3/c1-10(2)22-17(27)11-4-5-13(19)14(6-11)23-15(26)8-25-9-20-16-12(18(25)28)7-21-24(16)3/h4-7,9-10H,8H2,1-3H3,(H,22,27)(H,23,26). The van der Waals surface area contributed by atoms with Crippen LogP contribution in [0.2, 0.25) is 5.02 Å². The minimum absolute atomic E-state index is 0.0250. The van der Waals surface area contributed by atoms with Crippen molar-refractivity contribution in [3.8, 4) is 0 Å². The van der Waals surface area contributed by atoms with Crippen molar-refractivity contribution in [2.45, 2.75) is 26.4 Å². The van der Waals surface area contributed by atoms with Gasteiger partial charge in [-0.05, 0) is 32.0 Å². The van der Waals surface area contributed by atoms with Crippen molar-refractivity contribution in [2.24, 2.45) is 7.05 Å². The van der Waals surface area contributed by atoms with Crippen LogP contribution in [-0.2, 0) is 18.4 Å². The van der Waals surface area contributed by atoms with Crippen LogP contribution in [0.1, 0.15) is 24.2 Å². The van der Waals surface area contributed by atoms with Gasteiger partial charge in [-0.15, -0.1) is 0 Å². The minimum Gasteiger partial charge on any atom is -0.350 e. The predicted octanol–water partition coefficient (Wildman–Crippen LogP) is 1.56.